The quantitative estimate of drug-likeness (QED) is 0.876. The number of aromatic nitrogens is 1. The molecule has 0 saturated carbocycles. The fourth-order valence-electron chi connectivity index (χ4n) is 2.72. The second kappa shape index (κ2) is 5.75. The van der Waals surface area contributed by atoms with Gasteiger partial charge in [0.1, 0.15) is 0 Å². The molecule has 0 radical (unpaired) electrons. The SMILES string of the molecule is CNCC1CCCCN(C)C1c1cncs1. The topological polar surface area (TPSA) is 28.2 Å². The molecule has 2 unspecified atom stereocenters. The van der Waals surface area contributed by atoms with Crippen LogP contribution in [0.15, 0.2) is 11.7 Å². The van der Waals surface area contributed by atoms with Gasteiger partial charge in [-0.2, -0.15) is 0 Å². The first-order valence-electron chi connectivity index (χ1n) is 6.06. The minimum Gasteiger partial charge on any atom is -0.319 e. The standard InChI is InChI=1S/C12H21N3S/c1-13-7-10-5-3-4-6-15(2)12(10)11-8-14-9-16-11/h8-10,12-13H,3-7H2,1-2H3. The Morgan fingerprint density at radius 2 is 2.44 bits per heavy atom. The molecule has 2 heterocycles. The van der Waals surface area contributed by atoms with Crippen molar-refractivity contribution in [2.24, 2.45) is 5.92 Å². The van der Waals surface area contributed by atoms with Crippen molar-refractivity contribution in [3.05, 3.63) is 16.6 Å². The third kappa shape index (κ3) is 2.62. The lowest BCUT2D eigenvalue weighted by molar-refractivity contribution is 0.194. The lowest BCUT2D eigenvalue weighted by Crippen LogP contribution is -2.33. The van der Waals surface area contributed by atoms with Gasteiger partial charge in [0.15, 0.2) is 0 Å². The van der Waals surface area contributed by atoms with Crippen LogP contribution in [-0.4, -0.2) is 37.1 Å². The summed E-state index contributed by atoms with van der Waals surface area (Å²) in [4.78, 5) is 8.15. The number of nitrogens with one attached hydrogen (secondary N) is 1. The molecule has 0 amide bonds. The zero-order valence-electron chi connectivity index (χ0n) is 10.1. The summed E-state index contributed by atoms with van der Waals surface area (Å²) in [7, 11) is 4.30. The van der Waals surface area contributed by atoms with Crippen molar-refractivity contribution in [1.29, 1.82) is 0 Å². The van der Waals surface area contributed by atoms with Gasteiger partial charge in [0.25, 0.3) is 0 Å². The second-order valence-electron chi connectivity index (χ2n) is 4.64. The third-order valence-corrected chi connectivity index (χ3v) is 4.31. The molecule has 4 heteroatoms. The predicted molar refractivity (Wildman–Crippen MR) is 68.8 cm³/mol. The molecule has 90 valence electrons. The van der Waals surface area contributed by atoms with E-state index in [2.05, 4.69) is 29.3 Å². The molecule has 1 aliphatic rings. The Morgan fingerprint density at radius 1 is 1.56 bits per heavy atom. The first-order chi connectivity index (χ1) is 7.83. The molecule has 1 aromatic rings. The van der Waals surface area contributed by atoms with Crippen LogP contribution in [0.1, 0.15) is 30.2 Å². The lowest BCUT2D eigenvalue weighted by atomic mass is 9.94. The van der Waals surface area contributed by atoms with E-state index in [1.807, 2.05) is 11.7 Å². The zero-order chi connectivity index (χ0) is 11.4. The van der Waals surface area contributed by atoms with Crippen LogP contribution in [-0.2, 0) is 0 Å². The van der Waals surface area contributed by atoms with Crippen LogP contribution in [0, 0.1) is 5.92 Å². The first-order valence-corrected chi connectivity index (χ1v) is 6.94. The number of thiazole rings is 1. The van der Waals surface area contributed by atoms with Gasteiger partial charge in [-0.15, -0.1) is 11.3 Å². The van der Waals surface area contributed by atoms with Crippen molar-refractivity contribution in [2.75, 3.05) is 27.2 Å². The van der Waals surface area contributed by atoms with E-state index in [9.17, 15) is 0 Å². The summed E-state index contributed by atoms with van der Waals surface area (Å²) in [5.41, 5.74) is 1.95. The van der Waals surface area contributed by atoms with Crippen molar-refractivity contribution >= 4 is 11.3 Å². The number of hydrogen-bond donors (Lipinski definition) is 1. The number of rotatable bonds is 3. The van der Waals surface area contributed by atoms with Gasteiger partial charge in [-0.25, -0.2) is 0 Å². The normalized spacial score (nSPS) is 27.9. The van der Waals surface area contributed by atoms with Gasteiger partial charge in [0.05, 0.1) is 5.51 Å². The second-order valence-corrected chi connectivity index (χ2v) is 5.56. The summed E-state index contributed by atoms with van der Waals surface area (Å²) in [6, 6.07) is 0.558. The fourth-order valence-corrected chi connectivity index (χ4v) is 3.60. The molecule has 1 N–H and O–H groups in total. The van der Waals surface area contributed by atoms with Crippen molar-refractivity contribution in [2.45, 2.75) is 25.3 Å². The Labute approximate surface area is 102 Å². The fraction of sp³-hybridized carbons (Fsp3) is 0.750. The van der Waals surface area contributed by atoms with E-state index in [0.29, 0.717) is 6.04 Å². The molecule has 2 rings (SSSR count). The van der Waals surface area contributed by atoms with E-state index in [1.165, 1.54) is 30.7 Å². The van der Waals surface area contributed by atoms with Gasteiger partial charge in [-0.3, -0.25) is 9.88 Å². The zero-order valence-corrected chi connectivity index (χ0v) is 11.0. The average molecular weight is 239 g/mol. The molecule has 1 aromatic heterocycles. The molecule has 1 fully saturated rings. The predicted octanol–water partition coefficient (Wildman–Crippen LogP) is 2.14. The summed E-state index contributed by atoms with van der Waals surface area (Å²) in [6.07, 6.45) is 6.05. The lowest BCUT2D eigenvalue weighted by Gasteiger charge is -2.31. The van der Waals surface area contributed by atoms with Crippen LogP contribution in [0.2, 0.25) is 0 Å². The Morgan fingerprint density at radius 3 is 3.12 bits per heavy atom. The van der Waals surface area contributed by atoms with Crippen molar-refractivity contribution in [3.63, 3.8) is 0 Å². The Balaban J connectivity index is 2.19. The highest BCUT2D eigenvalue weighted by molar-refractivity contribution is 7.09. The van der Waals surface area contributed by atoms with Crippen LogP contribution >= 0.6 is 11.3 Å². The van der Waals surface area contributed by atoms with Crippen molar-refractivity contribution in [3.8, 4) is 0 Å². The van der Waals surface area contributed by atoms with Gasteiger partial charge in [-0.1, -0.05) is 6.42 Å². The molecule has 0 aromatic carbocycles. The minimum atomic E-state index is 0.558. The van der Waals surface area contributed by atoms with Gasteiger partial charge in [0, 0.05) is 17.1 Å². The summed E-state index contributed by atoms with van der Waals surface area (Å²) in [5, 5.41) is 3.34. The number of hydrogen-bond acceptors (Lipinski definition) is 4. The minimum absolute atomic E-state index is 0.558. The van der Waals surface area contributed by atoms with Crippen LogP contribution < -0.4 is 5.32 Å². The Bertz CT molecular complexity index is 299. The van der Waals surface area contributed by atoms with Crippen molar-refractivity contribution in [1.82, 2.24) is 15.2 Å². The van der Waals surface area contributed by atoms with Gasteiger partial charge in [-0.05, 0) is 45.9 Å². The van der Waals surface area contributed by atoms with E-state index in [0.717, 1.165) is 12.5 Å². The number of nitrogens with zero attached hydrogens (tertiary/aromatic N) is 2. The highest BCUT2D eigenvalue weighted by atomic mass is 32.1. The monoisotopic (exact) mass is 239 g/mol. The van der Waals surface area contributed by atoms with Crippen LogP contribution in [0.25, 0.3) is 0 Å². The van der Waals surface area contributed by atoms with E-state index < -0.39 is 0 Å². The summed E-state index contributed by atoms with van der Waals surface area (Å²) in [6.45, 7) is 2.32. The van der Waals surface area contributed by atoms with Crippen LogP contribution in [0.3, 0.4) is 0 Å². The maximum absolute atomic E-state index is 4.23. The molecule has 2 atom stereocenters. The number of likely N-dealkylation sites (tertiary alicyclic amines) is 1. The van der Waals surface area contributed by atoms with Gasteiger partial charge < -0.3 is 5.32 Å². The summed E-state index contributed by atoms with van der Waals surface area (Å²) in [5.74, 6) is 0.720. The molecule has 1 saturated heterocycles. The first kappa shape index (κ1) is 12.0. The molecule has 0 spiro atoms. The van der Waals surface area contributed by atoms with Crippen LogP contribution in [0.4, 0.5) is 0 Å². The summed E-state index contributed by atoms with van der Waals surface area (Å²) >= 11 is 1.79. The Hall–Kier alpha value is -0.450. The highest BCUT2D eigenvalue weighted by Crippen LogP contribution is 2.35. The maximum Gasteiger partial charge on any atom is 0.0794 e. The third-order valence-electron chi connectivity index (χ3n) is 3.47. The molecule has 16 heavy (non-hydrogen) atoms. The van der Waals surface area contributed by atoms with E-state index in [4.69, 9.17) is 0 Å². The molecule has 0 bridgehead atoms. The molecular weight excluding hydrogens is 218 g/mol. The van der Waals surface area contributed by atoms with E-state index in [1.54, 1.807) is 11.3 Å². The summed E-state index contributed by atoms with van der Waals surface area (Å²) < 4.78 is 0. The molecular formula is C12H21N3S. The average Bonchev–Trinajstić information content (AvgIpc) is 2.72. The molecule has 3 nitrogen and oxygen atoms in total. The Kier molecular flexibility index (Phi) is 4.32. The van der Waals surface area contributed by atoms with E-state index in [-0.39, 0.29) is 0 Å². The maximum atomic E-state index is 4.23. The molecule has 1 aliphatic heterocycles. The van der Waals surface area contributed by atoms with Gasteiger partial charge >= 0.3 is 0 Å². The van der Waals surface area contributed by atoms with Crippen LogP contribution in [0.5, 0.6) is 0 Å². The van der Waals surface area contributed by atoms with E-state index >= 15 is 0 Å². The largest absolute Gasteiger partial charge is 0.319 e. The van der Waals surface area contributed by atoms with Crippen molar-refractivity contribution < 1.29 is 0 Å². The molecule has 0 aliphatic carbocycles. The highest BCUT2D eigenvalue weighted by Gasteiger charge is 2.29. The van der Waals surface area contributed by atoms with Gasteiger partial charge in [0.2, 0.25) is 0 Å². The smallest absolute Gasteiger partial charge is 0.0794 e.